The number of imidazole rings is 1. The maximum absolute atomic E-state index is 11.0. The standard InChI is InChI=1S/C15H13BrN2OS/c1-10-14(7-4-11-2-5-12(16)6-3-11)20-15-17-8-13(9-19)18(10)15/h2-3,5-6,8-9H,4,7H2,1H3. The topological polar surface area (TPSA) is 34.4 Å². The average Bonchev–Trinajstić information content (AvgIpc) is 2.99. The fraction of sp³-hybridized carbons (Fsp3) is 0.200. The molecular weight excluding hydrogens is 336 g/mol. The first-order valence-corrected chi connectivity index (χ1v) is 7.95. The van der Waals surface area contributed by atoms with Crippen molar-refractivity contribution < 1.29 is 4.79 Å². The lowest BCUT2D eigenvalue weighted by Crippen LogP contribution is -1.95. The Hall–Kier alpha value is -1.46. The summed E-state index contributed by atoms with van der Waals surface area (Å²) in [4.78, 5) is 17.5. The first-order valence-electron chi connectivity index (χ1n) is 6.34. The Labute approximate surface area is 129 Å². The molecule has 102 valence electrons. The maximum Gasteiger partial charge on any atom is 0.194 e. The molecule has 0 aliphatic carbocycles. The van der Waals surface area contributed by atoms with E-state index in [4.69, 9.17) is 0 Å². The summed E-state index contributed by atoms with van der Waals surface area (Å²) in [7, 11) is 0. The number of halogens is 1. The molecule has 0 saturated carbocycles. The third-order valence-corrected chi connectivity index (χ3v) is 5.13. The number of aldehydes is 1. The van der Waals surface area contributed by atoms with Crippen molar-refractivity contribution in [3.8, 4) is 0 Å². The van der Waals surface area contributed by atoms with Crippen LogP contribution in [0.15, 0.2) is 34.9 Å². The predicted molar refractivity (Wildman–Crippen MR) is 84.7 cm³/mol. The van der Waals surface area contributed by atoms with Crippen LogP contribution >= 0.6 is 27.3 Å². The van der Waals surface area contributed by atoms with Gasteiger partial charge in [0.25, 0.3) is 0 Å². The van der Waals surface area contributed by atoms with Crippen molar-refractivity contribution in [1.29, 1.82) is 0 Å². The number of aromatic nitrogens is 2. The number of nitrogens with zero attached hydrogens (tertiary/aromatic N) is 2. The van der Waals surface area contributed by atoms with Gasteiger partial charge in [-0.3, -0.25) is 9.20 Å². The zero-order valence-corrected chi connectivity index (χ0v) is 13.4. The van der Waals surface area contributed by atoms with Crippen LogP contribution in [0.3, 0.4) is 0 Å². The molecule has 3 aromatic rings. The lowest BCUT2D eigenvalue weighted by Gasteiger charge is -2.02. The van der Waals surface area contributed by atoms with Gasteiger partial charge in [0.2, 0.25) is 0 Å². The second-order valence-electron chi connectivity index (χ2n) is 4.66. The van der Waals surface area contributed by atoms with Crippen molar-refractivity contribution in [2.75, 3.05) is 0 Å². The van der Waals surface area contributed by atoms with Crippen LogP contribution < -0.4 is 0 Å². The zero-order chi connectivity index (χ0) is 14.1. The van der Waals surface area contributed by atoms with Crippen molar-refractivity contribution >= 4 is 38.5 Å². The number of hydrogen-bond acceptors (Lipinski definition) is 3. The number of fused-ring (bicyclic) bond motifs is 1. The number of carbonyl (C=O) groups is 1. The summed E-state index contributed by atoms with van der Waals surface area (Å²) in [6, 6.07) is 8.39. The predicted octanol–water partition coefficient (Wildman–Crippen LogP) is 4.06. The molecule has 0 spiro atoms. The van der Waals surface area contributed by atoms with Gasteiger partial charge in [0, 0.05) is 15.0 Å². The van der Waals surface area contributed by atoms with E-state index in [1.54, 1.807) is 17.5 Å². The van der Waals surface area contributed by atoms with Crippen LogP contribution in [-0.4, -0.2) is 15.7 Å². The minimum absolute atomic E-state index is 0.628. The van der Waals surface area contributed by atoms with Gasteiger partial charge in [0.1, 0.15) is 5.69 Å². The van der Waals surface area contributed by atoms with Gasteiger partial charge < -0.3 is 0 Å². The third-order valence-electron chi connectivity index (χ3n) is 3.38. The third kappa shape index (κ3) is 2.43. The summed E-state index contributed by atoms with van der Waals surface area (Å²) in [5.74, 6) is 0. The highest BCUT2D eigenvalue weighted by Gasteiger charge is 2.12. The lowest BCUT2D eigenvalue weighted by atomic mass is 10.1. The zero-order valence-electron chi connectivity index (χ0n) is 11.0. The monoisotopic (exact) mass is 348 g/mol. The molecule has 0 bridgehead atoms. The number of aryl methyl sites for hydroxylation is 3. The second-order valence-corrected chi connectivity index (χ2v) is 6.63. The molecule has 0 aliphatic heterocycles. The van der Waals surface area contributed by atoms with Crippen LogP contribution in [0.5, 0.6) is 0 Å². The van der Waals surface area contributed by atoms with E-state index in [1.165, 1.54) is 10.4 Å². The van der Waals surface area contributed by atoms with E-state index in [9.17, 15) is 4.79 Å². The molecule has 3 nitrogen and oxygen atoms in total. The summed E-state index contributed by atoms with van der Waals surface area (Å²) in [6.45, 7) is 2.05. The second kappa shape index (κ2) is 5.50. The minimum atomic E-state index is 0.628. The van der Waals surface area contributed by atoms with Gasteiger partial charge in [-0.15, -0.1) is 11.3 Å². The fourth-order valence-corrected chi connectivity index (χ4v) is 3.66. The van der Waals surface area contributed by atoms with E-state index in [-0.39, 0.29) is 0 Å². The molecule has 0 N–H and O–H groups in total. The van der Waals surface area contributed by atoms with Gasteiger partial charge in [0.05, 0.1) is 6.20 Å². The molecule has 0 radical (unpaired) electrons. The summed E-state index contributed by atoms with van der Waals surface area (Å²) >= 11 is 5.11. The Morgan fingerprint density at radius 3 is 2.75 bits per heavy atom. The smallest absolute Gasteiger partial charge is 0.194 e. The number of thiazole rings is 1. The molecule has 2 heterocycles. The van der Waals surface area contributed by atoms with E-state index < -0.39 is 0 Å². The highest BCUT2D eigenvalue weighted by Crippen LogP contribution is 2.25. The Bertz CT molecular complexity index is 758. The number of hydrogen-bond donors (Lipinski definition) is 0. The highest BCUT2D eigenvalue weighted by molar-refractivity contribution is 9.10. The Morgan fingerprint density at radius 1 is 1.30 bits per heavy atom. The molecule has 0 aliphatic rings. The quantitative estimate of drug-likeness (QED) is 0.666. The van der Waals surface area contributed by atoms with Gasteiger partial charge in [0.15, 0.2) is 11.2 Å². The Kier molecular flexibility index (Phi) is 3.72. The molecule has 1 aromatic carbocycles. The SMILES string of the molecule is Cc1c(CCc2ccc(Br)cc2)sc2ncc(C=O)n12. The molecule has 0 amide bonds. The van der Waals surface area contributed by atoms with Crippen LogP contribution in [0.25, 0.3) is 4.96 Å². The van der Waals surface area contributed by atoms with Gasteiger partial charge in [-0.25, -0.2) is 4.98 Å². The normalized spacial score (nSPS) is 11.1. The Morgan fingerprint density at radius 2 is 2.05 bits per heavy atom. The molecule has 0 saturated heterocycles. The van der Waals surface area contributed by atoms with Gasteiger partial charge >= 0.3 is 0 Å². The Balaban J connectivity index is 1.84. The van der Waals surface area contributed by atoms with Crippen molar-refractivity contribution in [3.63, 3.8) is 0 Å². The number of carbonyl (C=O) groups excluding carboxylic acids is 1. The fourth-order valence-electron chi connectivity index (χ4n) is 2.29. The first-order chi connectivity index (χ1) is 9.69. The van der Waals surface area contributed by atoms with Gasteiger partial charge in [-0.1, -0.05) is 28.1 Å². The van der Waals surface area contributed by atoms with Crippen molar-refractivity contribution in [2.45, 2.75) is 19.8 Å². The van der Waals surface area contributed by atoms with E-state index in [2.05, 4.69) is 52.1 Å². The van der Waals surface area contributed by atoms with Crippen LogP contribution in [0, 0.1) is 6.92 Å². The molecular formula is C15H13BrN2OS. The molecule has 0 unspecified atom stereocenters. The van der Waals surface area contributed by atoms with Gasteiger partial charge in [-0.2, -0.15) is 0 Å². The van der Waals surface area contributed by atoms with E-state index in [1.807, 2.05) is 4.40 Å². The van der Waals surface area contributed by atoms with Crippen LogP contribution in [-0.2, 0) is 12.8 Å². The van der Waals surface area contributed by atoms with Crippen molar-refractivity contribution in [2.24, 2.45) is 0 Å². The van der Waals surface area contributed by atoms with Crippen molar-refractivity contribution in [3.05, 3.63) is 56.8 Å². The molecule has 0 atom stereocenters. The van der Waals surface area contributed by atoms with E-state index >= 15 is 0 Å². The molecule has 3 rings (SSSR count). The number of benzene rings is 1. The highest BCUT2D eigenvalue weighted by atomic mass is 79.9. The molecule has 0 fully saturated rings. The molecule has 2 aromatic heterocycles. The van der Waals surface area contributed by atoms with Crippen LogP contribution in [0.2, 0.25) is 0 Å². The minimum Gasteiger partial charge on any atom is -0.296 e. The van der Waals surface area contributed by atoms with E-state index in [0.29, 0.717) is 5.69 Å². The lowest BCUT2D eigenvalue weighted by molar-refractivity contribution is 0.111. The summed E-state index contributed by atoms with van der Waals surface area (Å²) in [6.07, 6.45) is 4.45. The van der Waals surface area contributed by atoms with E-state index in [0.717, 1.165) is 34.3 Å². The summed E-state index contributed by atoms with van der Waals surface area (Å²) in [5.41, 5.74) is 3.07. The maximum atomic E-state index is 11.0. The average molecular weight is 349 g/mol. The van der Waals surface area contributed by atoms with Crippen LogP contribution in [0.4, 0.5) is 0 Å². The summed E-state index contributed by atoms with van der Waals surface area (Å²) in [5, 5.41) is 0. The molecule has 5 heteroatoms. The largest absolute Gasteiger partial charge is 0.296 e. The van der Waals surface area contributed by atoms with Crippen molar-refractivity contribution in [1.82, 2.24) is 9.38 Å². The van der Waals surface area contributed by atoms with Gasteiger partial charge in [-0.05, 0) is 37.5 Å². The molecule has 20 heavy (non-hydrogen) atoms. The summed E-state index contributed by atoms with van der Waals surface area (Å²) < 4.78 is 3.04. The van der Waals surface area contributed by atoms with Crippen LogP contribution in [0.1, 0.15) is 26.6 Å². The number of rotatable bonds is 4. The first kappa shape index (κ1) is 13.5.